The van der Waals surface area contributed by atoms with Crippen LogP contribution < -0.4 is 15.5 Å². The fourth-order valence-electron chi connectivity index (χ4n) is 2.51. The third-order valence-corrected chi connectivity index (χ3v) is 3.75. The van der Waals surface area contributed by atoms with E-state index in [4.69, 9.17) is 0 Å². The number of hydrogen-bond donors (Lipinski definition) is 2. The van der Waals surface area contributed by atoms with Crippen LogP contribution in [0.15, 0.2) is 24.3 Å². The van der Waals surface area contributed by atoms with Crippen molar-refractivity contribution in [3.63, 3.8) is 0 Å². The van der Waals surface area contributed by atoms with Crippen molar-refractivity contribution in [3.05, 3.63) is 24.3 Å². The number of carbonyl (C=O) groups is 1. The molecule has 1 aliphatic rings. The molecule has 1 heterocycles. The Kier molecular flexibility index (Phi) is 5.90. The van der Waals surface area contributed by atoms with E-state index in [9.17, 15) is 4.79 Å². The van der Waals surface area contributed by atoms with Gasteiger partial charge in [-0.3, -0.25) is 4.79 Å². The molecule has 0 aliphatic carbocycles. The topological polar surface area (TPSA) is 44.4 Å². The first-order chi connectivity index (χ1) is 10.1. The third kappa shape index (κ3) is 5.29. The standard InChI is InChI=1S/C17H27N3O/c1-14(2)12-19-17(21)13-18-15-6-8-16(9-7-15)20-10-4-3-5-11-20/h6-9,14,18H,3-5,10-13H2,1-2H3,(H,19,21). The number of nitrogens with zero attached hydrogens (tertiary/aromatic N) is 1. The minimum atomic E-state index is 0.0452. The molecule has 1 aromatic carbocycles. The molecule has 21 heavy (non-hydrogen) atoms. The molecule has 1 saturated heterocycles. The van der Waals surface area contributed by atoms with Gasteiger partial charge in [0, 0.05) is 31.0 Å². The van der Waals surface area contributed by atoms with Gasteiger partial charge in [0.05, 0.1) is 6.54 Å². The summed E-state index contributed by atoms with van der Waals surface area (Å²) in [5, 5.41) is 6.07. The minimum absolute atomic E-state index is 0.0452. The van der Waals surface area contributed by atoms with Crippen molar-refractivity contribution in [2.24, 2.45) is 5.92 Å². The van der Waals surface area contributed by atoms with Gasteiger partial charge in [0.25, 0.3) is 0 Å². The average Bonchev–Trinajstić information content (AvgIpc) is 2.52. The molecule has 2 N–H and O–H groups in total. The number of hydrogen-bond acceptors (Lipinski definition) is 3. The van der Waals surface area contributed by atoms with Crippen molar-refractivity contribution in [1.82, 2.24) is 5.32 Å². The molecule has 1 amide bonds. The van der Waals surface area contributed by atoms with Gasteiger partial charge in [-0.1, -0.05) is 13.8 Å². The first-order valence-corrected chi connectivity index (χ1v) is 8.01. The molecular formula is C17H27N3O. The van der Waals surface area contributed by atoms with Crippen molar-refractivity contribution in [2.75, 3.05) is 36.4 Å². The summed E-state index contributed by atoms with van der Waals surface area (Å²) in [6.45, 7) is 7.55. The summed E-state index contributed by atoms with van der Waals surface area (Å²) >= 11 is 0. The average molecular weight is 289 g/mol. The monoisotopic (exact) mass is 289 g/mol. The summed E-state index contributed by atoms with van der Waals surface area (Å²) in [4.78, 5) is 14.1. The van der Waals surface area contributed by atoms with Crippen LogP contribution in [0, 0.1) is 5.92 Å². The Morgan fingerprint density at radius 2 is 1.81 bits per heavy atom. The highest BCUT2D eigenvalue weighted by molar-refractivity contribution is 5.80. The largest absolute Gasteiger partial charge is 0.376 e. The second kappa shape index (κ2) is 7.91. The van der Waals surface area contributed by atoms with Gasteiger partial charge in [0.2, 0.25) is 5.91 Å². The van der Waals surface area contributed by atoms with Gasteiger partial charge in [-0.2, -0.15) is 0 Å². The van der Waals surface area contributed by atoms with Gasteiger partial charge in [-0.05, 0) is 49.4 Å². The predicted molar refractivity (Wildman–Crippen MR) is 88.8 cm³/mol. The van der Waals surface area contributed by atoms with Gasteiger partial charge in [0.15, 0.2) is 0 Å². The van der Waals surface area contributed by atoms with Crippen LogP contribution in [-0.4, -0.2) is 32.1 Å². The zero-order valence-electron chi connectivity index (χ0n) is 13.2. The Morgan fingerprint density at radius 3 is 2.43 bits per heavy atom. The van der Waals surface area contributed by atoms with E-state index < -0.39 is 0 Å². The van der Waals surface area contributed by atoms with Crippen LogP contribution in [0.4, 0.5) is 11.4 Å². The van der Waals surface area contributed by atoms with E-state index in [0.717, 1.165) is 25.3 Å². The van der Waals surface area contributed by atoms with Crippen molar-refractivity contribution < 1.29 is 4.79 Å². The lowest BCUT2D eigenvalue weighted by atomic mass is 10.1. The maximum absolute atomic E-state index is 11.7. The Morgan fingerprint density at radius 1 is 1.14 bits per heavy atom. The Bertz CT molecular complexity index is 436. The molecule has 0 atom stereocenters. The van der Waals surface area contributed by atoms with E-state index in [1.807, 2.05) is 0 Å². The van der Waals surface area contributed by atoms with Gasteiger partial charge >= 0.3 is 0 Å². The van der Waals surface area contributed by atoms with Crippen LogP contribution >= 0.6 is 0 Å². The van der Waals surface area contributed by atoms with Crippen molar-refractivity contribution >= 4 is 17.3 Å². The van der Waals surface area contributed by atoms with E-state index in [-0.39, 0.29) is 5.91 Å². The van der Waals surface area contributed by atoms with Crippen molar-refractivity contribution in [2.45, 2.75) is 33.1 Å². The Labute approximate surface area is 127 Å². The molecule has 0 spiro atoms. The first kappa shape index (κ1) is 15.7. The summed E-state index contributed by atoms with van der Waals surface area (Å²) in [6.07, 6.45) is 3.92. The maximum Gasteiger partial charge on any atom is 0.239 e. The number of piperidine rings is 1. The van der Waals surface area contributed by atoms with Crippen LogP contribution in [0.1, 0.15) is 33.1 Å². The highest BCUT2D eigenvalue weighted by atomic mass is 16.1. The van der Waals surface area contributed by atoms with Crippen LogP contribution in [0.5, 0.6) is 0 Å². The molecular weight excluding hydrogens is 262 g/mol. The molecule has 116 valence electrons. The van der Waals surface area contributed by atoms with Crippen LogP contribution in [0.3, 0.4) is 0 Å². The first-order valence-electron chi connectivity index (χ1n) is 8.01. The molecule has 0 aromatic heterocycles. The van der Waals surface area contributed by atoms with E-state index >= 15 is 0 Å². The van der Waals surface area contributed by atoms with Crippen LogP contribution in [0.2, 0.25) is 0 Å². The molecule has 0 bridgehead atoms. The lowest BCUT2D eigenvalue weighted by molar-refractivity contribution is -0.119. The molecule has 1 aliphatic heterocycles. The van der Waals surface area contributed by atoms with Crippen LogP contribution in [-0.2, 0) is 4.79 Å². The fraction of sp³-hybridized carbons (Fsp3) is 0.588. The second-order valence-electron chi connectivity index (χ2n) is 6.15. The number of rotatable bonds is 6. The van der Waals surface area contributed by atoms with E-state index in [1.165, 1.54) is 24.9 Å². The third-order valence-electron chi connectivity index (χ3n) is 3.75. The smallest absolute Gasteiger partial charge is 0.239 e. The number of nitrogens with one attached hydrogen (secondary N) is 2. The van der Waals surface area contributed by atoms with E-state index in [1.54, 1.807) is 0 Å². The molecule has 1 fully saturated rings. The SMILES string of the molecule is CC(C)CNC(=O)CNc1ccc(N2CCCCC2)cc1. The Balaban J connectivity index is 1.78. The Hall–Kier alpha value is -1.71. The summed E-state index contributed by atoms with van der Waals surface area (Å²) < 4.78 is 0. The zero-order chi connectivity index (χ0) is 15.1. The highest BCUT2D eigenvalue weighted by Crippen LogP contribution is 2.21. The normalized spacial score (nSPS) is 15.1. The summed E-state index contributed by atoms with van der Waals surface area (Å²) in [7, 11) is 0. The minimum Gasteiger partial charge on any atom is -0.376 e. The number of amides is 1. The van der Waals surface area contributed by atoms with E-state index in [0.29, 0.717) is 12.5 Å². The predicted octanol–water partition coefficient (Wildman–Crippen LogP) is 2.86. The molecule has 0 radical (unpaired) electrons. The van der Waals surface area contributed by atoms with Crippen molar-refractivity contribution in [1.29, 1.82) is 0 Å². The van der Waals surface area contributed by atoms with Crippen molar-refractivity contribution in [3.8, 4) is 0 Å². The highest BCUT2D eigenvalue weighted by Gasteiger charge is 2.10. The molecule has 0 saturated carbocycles. The van der Waals surface area contributed by atoms with Gasteiger partial charge < -0.3 is 15.5 Å². The second-order valence-corrected chi connectivity index (χ2v) is 6.15. The van der Waals surface area contributed by atoms with Gasteiger partial charge in [0.1, 0.15) is 0 Å². The van der Waals surface area contributed by atoms with Gasteiger partial charge in [-0.15, -0.1) is 0 Å². The van der Waals surface area contributed by atoms with Crippen LogP contribution in [0.25, 0.3) is 0 Å². The summed E-state index contributed by atoms with van der Waals surface area (Å²) in [5.41, 5.74) is 2.28. The molecule has 4 heteroatoms. The lowest BCUT2D eigenvalue weighted by Crippen LogP contribution is -2.32. The number of carbonyl (C=O) groups excluding carboxylic acids is 1. The maximum atomic E-state index is 11.7. The molecule has 4 nitrogen and oxygen atoms in total. The van der Waals surface area contributed by atoms with E-state index in [2.05, 4.69) is 53.6 Å². The van der Waals surface area contributed by atoms with Gasteiger partial charge in [-0.25, -0.2) is 0 Å². The molecule has 1 aromatic rings. The zero-order valence-corrected chi connectivity index (χ0v) is 13.2. The summed E-state index contributed by atoms with van der Waals surface area (Å²) in [6, 6.07) is 8.39. The molecule has 0 unspecified atom stereocenters. The quantitative estimate of drug-likeness (QED) is 0.846. The lowest BCUT2D eigenvalue weighted by Gasteiger charge is -2.28. The fourth-order valence-corrected chi connectivity index (χ4v) is 2.51. The molecule has 2 rings (SSSR count). The summed E-state index contributed by atoms with van der Waals surface area (Å²) in [5.74, 6) is 0.529. The number of benzene rings is 1. The number of anilines is 2.